The Bertz CT molecular complexity index is 564. The summed E-state index contributed by atoms with van der Waals surface area (Å²) in [6.07, 6.45) is 0. The zero-order valence-electron chi connectivity index (χ0n) is 12.6. The van der Waals surface area contributed by atoms with Crippen LogP contribution in [-0.2, 0) is 6.54 Å². The van der Waals surface area contributed by atoms with Crippen LogP contribution < -0.4 is 10.6 Å². The van der Waals surface area contributed by atoms with Crippen molar-refractivity contribution in [2.75, 3.05) is 13.1 Å². The number of nitrogens with one attached hydrogen (secondary N) is 2. The number of aryl methyl sites for hydroxylation is 1. The van der Waals surface area contributed by atoms with Gasteiger partial charge in [-0.25, -0.2) is 4.99 Å². The lowest BCUT2D eigenvalue weighted by Gasteiger charge is -2.14. The Morgan fingerprint density at radius 3 is 2.95 bits per heavy atom. The first-order chi connectivity index (χ1) is 10.2. The number of aliphatic imine (C=N–C) groups is 1. The third-order valence-electron chi connectivity index (χ3n) is 2.90. The molecule has 0 saturated heterocycles. The standard InChI is InChI=1S/C14H21N5OS/c1-4-15-14(17-9-13-18-11(3)20-19-13)16-8-10(2)12-6-5-7-21-12/h5-7,10H,4,8-9H2,1-3H3,(H2,15,16,17). The maximum absolute atomic E-state index is 4.93. The highest BCUT2D eigenvalue weighted by atomic mass is 32.1. The Kier molecular flexibility index (Phi) is 5.74. The molecule has 21 heavy (non-hydrogen) atoms. The molecule has 0 aliphatic heterocycles. The number of hydrogen-bond acceptors (Lipinski definition) is 5. The van der Waals surface area contributed by atoms with Crippen LogP contribution in [0.1, 0.15) is 36.4 Å². The summed E-state index contributed by atoms with van der Waals surface area (Å²) in [5.74, 6) is 2.37. The molecule has 2 heterocycles. The molecule has 114 valence electrons. The first-order valence-electron chi connectivity index (χ1n) is 7.03. The molecular formula is C14H21N5OS. The molecule has 0 aliphatic rings. The molecule has 2 rings (SSSR count). The molecule has 0 amide bonds. The summed E-state index contributed by atoms with van der Waals surface area (Å²) < 4.78 is 4.93. The smallest absolute Gasteiger partial charge is 0.223 e. The Hall–Kier alpha value is -1.89. The van der Waals surface area contributed by atoms with Gasteiger partial charge in [0.15, 0.2) is 11.8 Å². The molecule has 0 saturated carbocycles. The molecule has 0 radical (unpaired) electrons. The molecule has 2 aromatic rings. The predicted octanol–water partition coefficient (Wildman–Crippen LogP) is 2.30. The lowest BCUT2D eigenvalue weighted by Crippen LogP contribution is -2.39. The zero-order chi connectivity index (χ0) is 15.1. The Balaban J connectivity index is 1.89. The maximum atomic E-state index is 4.93. The first-order valence-corrected chi connectivity index (χ1v) is 7.91. The third kappa shape index (κ3) is 4.86. The van der Waals surface area contributed by atoms with Crippen molar-refractivity contribution in [2.24, 2.45) is 4.99 Å². The van der Waals surface area contributed by atoms with E-state index in [4.69, 9.17) is 4.52 Å². The largest absolute Gasteiger partial charge is 0.357 e. The number of guanidine groups is 1. The first kappa shape index (κ1) is 15.5. The maximum Gasteiger partial charge on any atom is 0.223 e. The van der Waals surface area contributed by atoms with Crippen LogP contribution in [0.15, 0.2) is 27.0 Å². The van der Waals surface area contributed by atoms with E-state index in [1.54, 1.807) is 18.3 Å². The van der Waals surface area contributed by atoms with Crippen LogP contribution in [-0.4, -0.2) is 29.2 Å². The zero-order valence-corrected chi connectivity index (χ0v) is 13.4. The van der Waals surface area contributed by atoms with Gasteiger partial charge >= 0.3 is 0 Å². The van der Waals surface area contributed by atoms with Gasteiger partial charge in [0.2, 0.25) is 5.89 Å². The monoisotopic (exact) mass is 307 g/mol. The number of aromatic nitrogens is 2. The van der Waals surface area contributed by atoms with Crippen LogP contribution in [0.2, 0.25) is 0 Å². The minimum Gasteiger partial charge on any atom is -0.357 e. The summed E-state index contributed by atoms with van der Waals surface area (Å²) in [5, 5.41) is 12.5. The quantitative estimate of drug-likeness (QED) is 0.632. The molecule has 0 fully saturated rings. The van der Waals surface area contributed by atoms with E-state index in [9.17, 15) is 0 Å². The van der Waals surface area contributed by atoms with Crippen LogP contribution in [0.3, 0.4) is 0 Å². The van der Waals surface area contributed by atoms with E-state index in [-0.39, 0.29) is 0 Å². The van der Waals surface area contributed by atoms with Gasteiger partial charge in [0, 0.05) is 30.8 Å². The summed E-state index contributed by atoms with van der Waals surface area (Å²) in [6.45, 7) is 8.05. The molecular weight excluding hydrogens is 286 g/mol. The van der Waals surface area contributed by atoms with Gasteiger partial charge in [0.1, 0.15) is 6.54 Å². The Labute approximate surface area is 128 Å². The second-order valence-electron chi connectivity index (χ2n) is 4.72. The van der Waals surface area contributed by atoms with E-state index in [0.29, 0.717) is 24.2 Å². The van der Waals surface area contributed by atoms with Crippen LogP contribution in [0.5, 0.6) is 0 Å². The summed E-state index contributed by atoms with van der Waals surface area (Å²) in [6, 6.07) is 4.23. The fourth-order valence-electron chi connectivity index (χ4n) is 1.82. The van der Waals surface area contributed by atoms with Crippen molar-refractivity contribution in [3.8, 4) is 0 Å². The van der Waals surface area contributed by atoms with Gasteiger partial charge in [-0.15, -0.1) is 11.3 Å². The number of hydrogen-bond donors (Lipinski definition) is 2. The van der Waals surface area contributed by atoms with Crippen molar-refractivity contribution in [1.29, 1.82) is 0 Å². The molecule has 7 heteroatoms. The normalized spacial score (nSPS) is 13.2. The van der Waals surface area contributed by atoms with Crippen molar-refractivity contribution in [2.45, 2.75) is 33.2 Å². The highest BCUT2D eigenvalue weighted by Crippen LogP contribution is 2.19. The van der Waals surface area contributed by atoms with Crippen molar-refractivity contribution >= 4 is 17.3 Å². The topological polar surface area (TPSA) is 75.3 Å². The second kappa shape index (κ2) is 7.78. The van der Waals surface area contributed by atoms with Crippen LogP contribution >= 0.6 is 11.3 Å². The predicted molar refractivity (Wildman–Crippen MR) is 84.6 cm³/mol. The van der Waals surface area contributed by atoms with E-state index in [2.05, 4.69) is 50.2 Å². The van der Waals surface area contributed by atoms with Crippen LogP contribution in [0, 0.1) is 6.92 Å². The SMILES string of the molecule is CCNC(=NCc1noc(C)n1)NCC(C)c1cccs1. The van der Waals surface area contributed by atoms with Crippen LogP contribution in [0.4, 0.5) is 0 Å². The minimum absolute atomic E-state index is 0.403. The van der Waals surface area contributed by atoms with Gasteiger partial charge in [-0.3, -0.25) is 0 Å². The van der Waals surface area contributed by atoms with E-state index >= 15 is 0 Å². The molecule has 0 bridgehead atoms. The Morgan fingerprint density at radius 1 is 1.48 bits per heavy atom. The van der Waals surface area contributed by atoms with Gasteiger partial charge < -0.3 is 15.2 Å². The lowest BCUT2D eigenvalue weighted by molar-refractivity contribution is 0.387. The molecule has 0 spiro atoms. The molecule has 1 atom stereocenters. The molecule has 2 aromatic heterocycles. The van der Waals surface area contributed by atoms with Crippen molar-refractivity contribution in [1.82, 2.24) is 20.8 Å². The fraction of sp³-hybridized carbons (Fsp3) is 0.500. The average Bonchev–Trinajstić information content (AvgIpc) is 3.13. The van der Waals surface area contributed by atoms with Crippen molar-refractivity contribution < 1.29 is 4.52 Å². The molecule has 0 aromatic carbocycles. The number of rotatable bonds is 6. The van der Waals surface area contributed by atoms with Gasteiger partial charge in [0.05, 0.1) is 0 Å². The summed E-state index contributed by atoms with van der Waals surface area (Å²) in [7, 11) is 0. The van der Waals surface area contributed by atoms with Gasteiger partial charge in [-0.1, -0.05) is 18.1 Å². The lowest BCUT2D eigenvalue weighted by atomic mass is 10.1. The third-order valence-corrected chi connectivity index (χ3v) is 4.00. The van der Waals surface area contributed by atoms with E-state index in [1.165, 1.54) is 4.88 Å². The van der Waals surface area contributed by atoms with Gasteiger partial charge in [-0.2, -0.15) is 4.98 Å². The van der Waals surface area contributed by atoms with Crippen LogP contribution in [0.25, 0.3) is 0 Å². The van der Waals surface area contributed by atoms with Gasteiger partial charge in [-0.05, 0) is 18.4 Å². The molecule has 1 unspecified atom stereocenters. The van der Waals surface area contributed by atoms with E-state index < -0.39 is 0 Å². The van der Waals surface area contributed by atoms with E-state index in [0.717, 1.165) is 19.0 Å². The summed E-state index contributed by atoms with van der Waals surface area (Å²) in [4.78, 5) is 9.97. The van der Waals surface area contributed by atoms with Gasteiger partial charge in [0.25, 0.3) is 0 Å². The fourth-order valence-corrected chi connectivity index (χ4v) is 2.61. The summed E-state index contributed by atoms with van der Waals surface area (Å²) >= 11 is 1.78. The Morgan fingerprint density at radius 2 is 2.33 bits per heavy atom. The average molecular weight is 307 g/mol. The highest BCUT2D eigenvalue weighted by Gasteiger charge is 2.08. The number of thiophene rings is 1. The van der Waals surface area contributed by atoms with Crippen molar-refractivity contribution in [3.05, 3.63) is 34.1 Å². The van der Waals surface area contributed by atoms with Crippen molar-refractivity contribution in [3.63, 3.8) is 0 Å². The minimum atomic E-state index is 0.403. The highest BCUT2D eigenvalue weighted by molar-refractivity contribution is 7.10. The second-order valence-corrected chi connectivity index (χ2v) is 5.70. The number of nitrogens with zero attached hydrogens (tertiary/aromatic N) is 3. The summed E-state index contributed by atoms with van der Waals surface area (Å²) in [5.41, 5.74) is 0. The molecule has 6 nitrogen and oxygen atoms in total. The molecule has 0 aliphatic carbocycles. The molecule has 2 N–H and O–H groups in total. The van der Waals surface area contributed by atoms with E-state index in [1.807, 2.05) is 6.92 Å².